The Morgan fingerprint density at radius 1 is 0.917 bits per heavy atom. The zero-order valence-corrected chi connectivity index (χ0v) is 14.1. The van der Waals surface area contributed by atoms with E-state index in [-0.39, 0.29) is 51.4 Å². The summed E-state index contributed by atoms with van der Waals surface area (Å²) in [6.45, 7) is 5.49. The van der Waals surface area contributed by atoms with E-state index in [0.29, 0.717) is 6.04 Å². The molecule has 3 heteroatoms. The van der Waals surface area contributed by atoms with E-state index in [1.54, 1.807) is 0 Å². The molecule has 0 bridgehead atoms. The molecule has 1 saturated heterocycles. The molecule has 2 nitrogen and oxygen atoms in total. The standard InChI is InChI=1S/C21H27NO.K.H/c1-18(22-14-8-3-9-15-22)17-23-21-13-7-6-12-20(21)16-19-10-4-2-5-11-19;;/h2,4-7,10-13,18H,3,8-9,14-17H2,1H3;;. The third-order valence-electron chi connectivity index (χ3n) is 4.70. The van der Waals surface area contributed by atoms with Gasteiger partial charge in [0.1, 0.15) is 12.4 Å². The Balaban J connectivity index is 0.00000208. The molecule has 0 amide bonds. The summed E-state index contributed by atoms with van der Waals surface area (Å²) in [5.74, 6) is 1.03. The summed E-state index contributed by atoms with van der Waals surface area (Å²) >= 11 is 0. The fourth-order valence-electron chi connectivity index (χ4n) is 3.28. The van der Waals surface area contributed by atoms with Gasteiger partial charge in [0.25, 0.3) is 0 Å². The van der Waals surface area contributed by atoms with Crippen LogP contribution in [0.2, 0.25) is 0 Å². The first-order valence-electron chi connectivity index (χ1n) is 8.81. The van der Waals surface area contributed by atoms with Crippen LogP contribution in [0.3, 0.4) is 0 Å². The summed E-state index contributed by atoms with van der Waals surface area (Å²) in [6.07, 6.45) is 4.96. The average molecular weight is 350 g/mol. The molecule has 3 rings (SSSR count). The molecule has 1 aliphatic rings. The van der Waals surface area contributed by atoms with Crippen LogP contribution in [0.15, 0.2) is 54.6 Å². The van der Waals surface area contributed by atoms with Crippen LogP contribution in [0.5, 0.6) is 5.75 Å². The van der Waals surface area contributed by atoms with Crippen LogP contribution < -0.4 is 4.74 Å². The zero-order chi connectivity index (χ0) is 15.9. The molecular formula is C21H28KNO. The molecule has 1 unspecified atom stereocenters. The normalized spacial score (nSPS) is 16.2. The van der Waals surface area contributed by atoms with Crippen molar-refractivity contribution in [2.24, 2.45) is 0 Å². The summed E-state index contributed by atoms with van der Waals surface area (Å²) in [4.78, 5) is 2.56. The molecule has 2 aromatic carbocycles. The second-order valence-corrected chi connectivity index (χ2v) is 6.53. The van der Waals surface area contributed by atoms with E-state index in [2.05, 4.69) is 66.4 Å². The minimum absolute atomic E-state index is 0. The molecular weight excluding hydrogens is 321 g/mol. The van der Waals surface area contributed by atoms with Gasteiger partial charge in [0.05, 0.1) is 0 Å². The van der Waals surface area contributed by atoms with Crippen molar-refractivity contribution in [3.63, 3.8) is 0 Å². The van der Waals surface area contributed by atoms with E-state index in [1.807, 2.05) is 0 Å². The maximum absolute atomic E-state index is 6.18. The van der Waals surface area contributed by atoms with Gasteiger partial charge in [-0.25, -0.2) is 0 Å². The first kappa shape index (κ1) is 20.2. The van der Waals surface area contributed by atoms with Gasteiger partial charge < -0.3 is 4.74 Å². The summed E-state index contributed by atoms with van der Waals surface area (Å²) in [6, 6.07) is 19.5. The molecule has 1 aliphatic heterocycles. The number of benzene rings is 2. The molecule has 0 spiro atoms. The fourth-order valence-corrected chi connectivity index (χ4v) is 3.28. The van der Waals surface area contributed by atoms with Gasteiger partial charge in [-0.2, -0.15) is 0 Å². The van der Waals surface area contributed by atoms with Crippen molar-refractivity contribution in [1.29, 1.82) is 0 Å². The van der Waals surface area contributed by atoms with Gasteiger partial charge >= 0.3 is 51.4 Å². The first-order chi connectivity index (χ1) is 11.3. The number of para-hydroxylation sites is 1. The van der Waals surface area contributed by atoms with Crippen LogP contribution in [0.4, 0.5) is 0 Å². The Hall–Kier alpha value is -0.164. The van der Waals surface area contributed by atoms with Crippen molar-refractivity contribution < 1.29 is 4.74 Å². The minimum atomic E-state index is 0. The maximum atomic E-state index is 6.18. The first-order valence-corrected chi connectivity index (χ1v) is 8.81. The quantitative estimate of drug-likeness (QED) is 0.734. The Kier molecular flexibility index (Phi) is 9.02. The number of ether oxygens (including phenoxy) is 1. The van der Waals surface area contributed by atoms with Crippen LogP contribution >= 0.6 is 0 Å². The van der Waals surface area contributed by atoms with Crippen LogP contribution in [-0.4, -0.2) is 82.0 Å². The second kappa shape index (κ2) is 10.7. The predicted octanol–water partition coefficient (Wildman–Crippen LogP) is 3.88. The molecule has 0 saturated carbocycles. The van der Waals surface area contributed by atoms with Crippen molar-refractivity contribution in [3.8, 4) is 5.75 Å². The van der Waals surface area contributed by atoms with Gasteiger partial charge in [0, 0.05) is 12.5 Å². The van der Waals surface area contributed by atoms with E-state index < -0.39 is 0 Å². The van der Waals surface area contributed by atoms with E-state index in [9.17, 15) is 0 Å². The Bertz CT molecular complexity index is 596. The number of hydrogen-bond acceptors (Lipinski definition) is 2. The Labute approximate surface area is 189 Å². The van der Waals surface area contributed by atoms with Gasteiger partial charge in [-0.15, -0.1) is 0 Å². The summed E-state index contributed by atoms with van der Waals surface area (Å²) in [7, 11) is 0. The number of nitrogens with zero attached hydrogens (tertiary/aromatic N) is 1. The summed E-state index contributed by atoms with van der Waals surface area (Å²) in [5.41, 5.74) is 2.59. The monoisotopic (exact) mass is 349 g/mol. The average Bonchev–Trinajstić information content (AvgIpc) is 2.62. The van der Waals surface area contributed by atoms with Gasteiger partial charge in [-0.1, -0.05) is 55.0 Å². The van der Waals surface area contributed by atoms with Gasteiger partial charge in [-0.05, 0) is 50.0 Å². The summed E-state index contributed by atoms with van der Waals surface area (Å²) in [5, 5.41) is 0. The van der Waals surface area contributed by atoms with Crippen LogP contribution in [-0.2, 0) is 6.42 Å². The van der Waals surface area contributed by atoms with Crippen LogP contribution in [0.25, 0.3) is 0 Å². The number of hydrogen-bond donors (Lipinski definition) is 0. The van der Waals surface area contributed by atoms with E-state index in [0.717, 1.165) is 18.8 Å². The van der Waals surface area contributed by atoms with Crippen molar-refractivity contribution in [2.75, 3.05) is 19.7 Å². The van der Waals surface area contributed by atoms with Crippen molar-refractivity contribution >= 4 is 51.4 Å². The van der Waals surface area contributed by atoms with Crippen LogP contribution in [0, 0.1) is 0 Å². The zero-order valence-electron chi connectivity index (χ0n) is 14.1. The predicted molar refractivity (Wildman–Crippen MR) is 103 cm³/mol. The van der Waals surface area contributed by atoms with Gasteiger partial charge in [0.15, 0.2) is 0 Å². The van der Waals surface area contributed by atoms with E-state index >= 15 is 0 Å². The summed E-state index contributed by atoms with van der Waals surface area (Å²) < 4.78 is 6.18. The molecule has 0 aliphatic carbocycles. The second-order valence-electron chi connectivity index (χ2n) is 6.53. The molecule has 0 radical (unpaired) electrons. The van der Waals surface area contributed by atoms with Crippen molar-refractivity contribution in [2.45, 2.75) is 38.6 Å². The number of rotatable bonds is 6. The van der Waals surface area contributed by atoms with Crippen molar-refractivity contribution in [1.82, 2.24) is 4.90 Å². The van der Waals surface area contributed by atoms with Gasteiger partial charge in [0.2, 0.25) is 0 Å². The Morgan fingerprint density at radius 3 is 2.33 bits per heavy atom. The number of likely N-dealkylation sites (tertiary alicyclic amines) is 1. The molecule has 0 aromatic heterocycles. The molecule has 124 valence electrons. The fraction of sp³-hybridized carbons (Fsp3) is 0.429. The molecule has 1 atom stereocenters. The van der Waals surface area contributed by atoms with Gasteiger partial charge in [-0.3, -0.25) is 4.90 Å². The molecule has 24 heavy (non-hydrogen) atoms. The molecule has 2 aromatic rings. The Morgan fingerprint density at radius 2 is 1.58 bits per heavy atom. The van der Waals surface area contributed by atoms with Crippen molar-refractivity contribution in [3.05, 3.63) is 65.7 Å². The van der Waals surface area contributed by atoms with Crippen LogP contribution in [0.1, 0.15) is 37.3 Å². The van der Waals surface area contributed by atoms with E-state index in [1.165, 1.54) is 43.5 Å². The third-order valence-corrected chi connectivity index (χ3v) is 4.70. The molecule has 1 fully saturated rings. The molecule has 0 N–H and O–H groups in total. The molecule has 1 heterocycles. The third kappa shape index (κ3) is 5.97. The van der Waals surface area contributed by atoms with E-state index in [4.69, 9.17) is 4.74 Å². The topological polar surface area (TPSA) is 12.5 Å². The number of piperidine rings is 1. The SMILES string of the molecule is CC(COc1ccccc1Cc1ccccc1)N1CCCCC1.[KH].